The highest BCUT2D eigenvalue weighted by atomic mass is 19.3. The molecule has 0 atom stereocenters. The van der Waals surface area contributed by atoms with Gasteiger partial charge < -0.3 is 14.6 Å². The Bertz CT molecular complexity index is 124. The van der Waals surface area contributed by atoms with Crippen LogP contribution in [0.15, 0.2) is 0 Å². The van der Waals surface area contributed by atoms with E-state index in [2.05, 4.69) is 4.74 Å². The lowest BCUT2D eigenvalue weighted by molar-refractivity contribution is -0.288. The predicted octanol–water partition coefficient (Wildman–Crippen LogP) is 0.392. The first-order valence-corrected chi connectivity index (χ1v) is 2.69. The number of rotatable bonds is 3. The van der Waals surface area contributed by atoms with Gasteiger partial charge >= 0.3 is 0 Å². The van der Waals surface area contributed by atoms with Gasteiger partial charge in [-0.05, 0) is 0 Å². The van der Waals surface area contributed by atoms with Crippen LogP contribution in [0.1, 0.15) is 13.3 Å². The van der Waals surface area contributed by atoms with Crippen LogP contribution < -0.4 is 5.11 Å². The minimum atomic E-state index is -3.07. The number of alkyl halides is 2. The lowest BCUT2D eigenvalue weighted by Crippen LogP contribution is -2.31. The van der Waals surface area contributed by atoms with Gasteiger partial charge in [0.1, 0.15) is 0 Å². The Morgan fingerprint density at radius 2 is 2.20 bits per heavy atom. The van der Waals surface area contributed by atoms with Gasteiger partial charge in [0.15, 0.2) is 0 Å². The molecule has 0 radical (unpaired) electrons. The Labute approximate surface area is 56.6 Å². The minimum absolute atomic E-state index is 0.444. The molecule has 0 aliphatic rings. The second kappa shape index (κ2) is 3.34. The summed E-state index contributed by atoms with van der Waals surface area (Å²) in [6, 6.07) is 0. The molecular formula is C5H7F2O3-. The Morgan fingerprint density at radius 3 is 2.50 bits per heavy atom. The number of carbonyl (C=O) groups excluding carboxylic acids is 1. The van der Waals surface area contributed by atoms with Gasteiger partial charge in [0, 0.05) is 6.42 Å². The van der Waals surface area contributed by atoms with Crippen LogP contribution in [0.25, 0.3) is 0 Å². The maximum atomic E-state index is 12.1. The fourth-order valence-electron chi connectivity index (χ4n) is 0.267. The highest BCUT2D eigenvalue weighted by Gasteiger charge is 2.24. The van der Waals surface area contributed by atoms with Crippen molar-refractivity contribution in [3.63, 3.8) is 0 Å². The first kappa shape index (κ1) is 9.13. The van der Waals surface area contributed by atoms with Crippen molar-refractivity contribution in [3.8, 4) is 0 Å². The van der Waals surface area contributed by atoms with Crippen LogP contribution in [0.3, 0.4) is 0 Å². The molecule has 0 unspecified atom stereocenters. The van der Waals surface area contributed by atoms with Gasteiger partial charge in [-0.25, -0.2) is 8.78 Å². The summed E-state index contributed by atoms with van der Waals surface area (Å²) in [7, 11) is 0. The molecule has 0 saturated heterocycles. The molecule has 0 bridgehead atoms. The number of carbonyl (C=O) groups is 1. The summed E-state index contributed by atoms with van der Waals surface area (Å²) in [6.45, 7) is 0.116. The molecule has 3 nitrogen and oxygen atoms in total. The third kappa shape index (κ3) is 4.05. The first-order chi connectivity index (χ1) is 4.48. The van der Waals surface area contributed by atoms with Gasteiger partial charge in [0.25, 0.3) is 12.1 Å². The van der Waals surface area contributed by atoms with Gasteiger partial charge in [-0.3, -0.25) is 0 Å². The lowest BCUT2D eigenvalue weighted by Gasteiger charge is -2.16. The summed E-state index contributed by atoms with van der Waals surface area (Å²) in [4.78, 5) is 9.50. The monoisotopic (exact) mass is 153 g/mol. The predicted molar refractivity (Wildman–Crippen MR) is 26.6 cm³/mol. The smallest absolute Gasteiger partial charge is 0.265 e. The summed E-state index contributed by atoms with van der Waals surface area (Å²) in [5.41, 5.74) is 0. The summed E-state index contributed by atoms with van der Waals surface area (Å²) in [5.74, 6) is -3.07. The maximum Gasteiger partial charge on any atom is 0.265 e. The quantitative estimate of drug-likeness (QED) is 0.551. The van der Waals surface area contributed by atoms with Crippen LogP contribution in [0.5, 0.6) is 0 Å². The van der Waals surface area contributed by atoms with Crippen LogP contribution in [-0.2, 0) is 4.74 Å². The van der Waals surface area contributed by atoms with Crippen LogP contribution in [0.2, 0.25) is 0 Å². The fourth-order valence-corrected chi connectivity index (χ4v) is 0.267. The molecule has 0 rings (SSSR count). The van der Waals surface area contributed by atoms with Crippen molar-refractivity contribution in [1.82, 2.24) is 0 Å². The highest BCUT2D eigenvalue weighted by molar-refractivity contribution is 5.54. The zero-order valence-electron chi connectivity index (χ0n) is 5.39. The average Bonchev–Trinajstić information content (AvgIpc) is 1.85. The standard InChI is InChI=1S/C5H8F2O3/c1-2-5(6,7)3-10-4(8)9/h2-3H2,1H3,(H,8,9)/p-1. The second-order valence-corrected chi connectivity index (χ2v) is 1.75. The molecule has 0 aromatic rings. The SMILES string of the molecule is CCC(F)(F)COC(=O)[O-]. The third-order valence-corrected chi connectivity index (χ3v) is 0.918. The van der Waals surface area contributed by atoms with Crippen LogP contribution in [0.4, 0.5) is 13.6 Å². The van der Waals surface area contributed by atoms with E-state index in [1.165, 1.54) is 6.92 Å². The Kier molecular flexibility index (Phi) is 3.05. The molecule has 0 amide bonds. The Morgan fingerprint density at radius 1 is 1.70 bits per heavy atom. The number of hydrogen-bond acceptors (Lipinski definition) is 3. The molecule has 0 aliphatic carbocycles. The zero-order valence-corrected chi connectivity index (χ0v) is 5.39. The fraction of sp³-hybridized carbons (Fsp3) is 0.800. The van der Waals surface area contributed by atoms with E-state index in [0.717, 1.165) is 0 Å². The van der Waals surface area contributed by atoms with Crippen molar-refractivity contribution in [2.75, 3.05) is 6.61 Å². The molecular weight excluding hydrogens is 146 g/mol. The lowest BCUT2D eigenvalue weighted by atomic mass is 10.3. The largest absolute Gasteiger partial charge is 0.543 e. The topological polar surface area (TPSA) is 49.4 Å². The molecule has 0 spiro atoms. The van der Waals surface area contributed by atoms with Crippen molar-refractivity contribution < 1.29 is 23.4 Å². The first-order valence-electron chi connectivity index (χ1n) is 2.69. The van der Waals surface area contributed by atoms with Crippen LogP contribution >= 0.6 is 0 Å². The van der Waals surface area contributed by atoms with Crippen molar-refractivity contribution in [1.29, 1.82) is 0 Å². The van der Waals surface area contributed by atoms with E-state index in [4.69, 9.17) is 0 Å². The summed E-state index contributed by atoms with van der Waals surface area (Å²) in [5, 5.41) is 9.50. The van der Waals surface area contributed by atoms with Gasteiger partial charge in [0.2, 0.25) is 0 Å². The van der Waals surface area contributed by atoms with Crippen LogP contribution in [0, 0.1) is 0 Å². The number of halogens is 2. The van der Waals surface area contributed by atoms with E-state index in [1.54, 1.807) is 0 Å². The van der Waals surface area contributed by atoms with E-state index in [1.807, 2.05) is 0 Å². The number of hydrogen-bond donors (Lipinski definition) is 0. The number of carboxylic acid groups (broad SMARTS) is 1. The molecule has 10 heavy (non-hydrogen) atoms. The molecule has 0 aromatic heterocycles. The van der Waals surface area contributed by atoms with Crippen LogP contribution in [-0.4, -0.2) is 18.7 Å². The minimum Gasteiger partial charge on any atom is -0.543 e. The molecule has 0 saturated carbocycles. The van der Waals surface area contributed by atoms with Crippen molar-refractivity contribution in [2.24, 2.45) is 0 Å². The van der Waals surface area contributed by atoms with E-state index in [0.29, 0.717) is 0 Å². The second-order valence-electron chi connectivity index (χ2n) is 1.75. The normalized spacial score (nSPS) is 11.1. The zero-order chi connectivity index (χ0) is 8.20. The average molecular weight is 153 g/mol. The van der Waals surface area contributed by atoms with E-state index in [-0.39, 0.29) is 0 Å². The molecule has 60 valence electrons. The van der Waals surface area contributed by atoms with Crippen molar-refractivity contribution >= 4 is 6.16 Å². The Balaban J connectivity index is 3.56. The highest BCUT2D eigenvalue weighted by Crippen LogP contribution is 2.17. The van der Waals surface area contributed by atoms with E-state index in [9.17, 15) is 18.7 Å². The van der Waals surface area contributed by atoms with Crippen molar-refractivity contribution in [2.45, 2.75) is 19.3 Å². The molecule has 0 heterocycles. The molecule has 0 N–H and O–H groups in total. The molecule has 0 fully saturated rings. The summed E-state index contributed by atoms with van der Waals surface area (Å²) < 4.78 is 27.7. The Hall–Kier alpha value is -0.870. The molecule has 0 aliphatic heterocycles. The maximum absolute atomic E-state index is 12.1. The third-order valence-electron chi connectivity index (χ3n) is 0.918. The van der Waals surface area contributed by atoms with E-state index >= 15 is 0 Å². The van der Waals surface area contributed by atoms with Gasteiger partial charge in [-0.2, -0.15) is 0 Å². The summed E-state index contributed by atoms with van der Waals surface area (Å²) in [6.07, 6.45) is -2.37. The van der Waals surface area contributed by atoms with Gasteiger partial charge in [0.05, 0.1) is 6.61 Å². The van der Waals surface area contributed by atoms with Crippen molar-refractivity contribution in [3.05, 3.63) is 0 Å². The number of ether oxygens (including phenoxy) is 1. The van der Waals surface area contributed by atoms with Gasteiger partial charge in [-0.15, -0.1) is 0 Å². The molecule has 0 aromatic carbocycles. The van der Waals surface area contributed by atoms with Gasteiger partial charge in [-0.1, -0.05) is 6.92 Å². The summed E-state index contributed by atoms with van der Waals surface area (Å²) >= 11 is 0. The van der Waals surface area contributed by atoms with E-state index < -0.39 is 25.1 Å². The molecule has 5 heteroatoms.